The number of thiophene rings is 1. The Morgan fingerprint density at radius 2 is 2.00 bits per heavy atom. The highest BCUT2D eigenvalue weighted by molar-refractivity contribution is 7.93. The molecule has 0 saturated heterocycles. The van der Waals surface area contributed by atoms with E-state index in [2.05, 4.69) is 21.9 Å². The molecule has 0 atom stereocenters. The van der Waals surface area contributed by atoms with Crippen molar-refractivity contribution in [2.45, 2.75) is 31.7 Å². The molecule has 114 valence electrons. The summed E-state index contributed by atoms with van der Waals surface area (Å²) in [5.41, 5.74) is 1.29. The molecule has 0 spiro atoms. The van der Waals surface area contributed by atoms with Gasteiger partial charge in [-0.25, -0.2) is 8.42 Å². The van der Waals surface area contributed by atoms with Crippen LogP contribution in [0.4, 0.5) is 5.69 Å². The van der Waals surface area contributed by atoms with Crippen LogP contribution in [0.2, 0.25) is 0 Å². The highest BCUT2D eigenvalue weighted by Crippen LogP contribution is 2.28. The Morgan fingerprint density at radius 1 is 1.29 bits per heavy atom. The topological polar surface area (TPSA) is 71.1 Å². The molecule has 5 nitrogen and oxygen atoms in total. The molecule has 0 fully saturated rings. The highest BCUT2D eigenvalue weighted by atomic mass is 32.2. The van der Waals surface area contributed by atoms with Crippen molar-refractivity contribution in [3.63, 3.8) is 0 Å². The fourth-order valence-electron chi connectivity index (χ4n) is 1.98. The number of hydrogen-bond donors (Lipinski definition) is 2. The van der Waals surface area contributed by atoms with Crippen LogP contribution in [-0.2, 0) is 16.6 Å². The molecule has 0 aliphatic carbocycles. The maximum atomic E-state index is 12.6. The Bertz CT molecular complexity index is 681. The zero-order valence-corrected chi connectivity index (χ0v) is 13.7. The standard InChI is InChI=1S/C14H19N3O2S2/c1-3-6-16-9-13-14(11(2)10-20-13)21(18,19)17-12-4-7-15-8-5-12/h4-5,7-8,10,16H,3,6,9H2,1-2H3,(H,15,17). The van der Waals surface area contributed by atoms with Crippen molar-refractivity contribution in [2.75, 3.05) is 11.3 Å². The second kappa shape index (κ2) is 7.02. The van der Waals surface area contributed by atoms with E-state index in [-0.39, 0.29) is 0 Å². The number of aryl methyl sites for hydroxylation is 1. The summed E-state index contributed by atoms with van der Waals surface area (Å²) in [6.07, 6.45) is 4.13. The van der Waals surface area contributed by atoms with Gasteiger partial charge >= 0.3 is 0 Å². The average molecular weight is 325 g/mol. The maximum Gasteiger partial charge on any atom is 0.263 e. The lowest BCUT2D eigenvalue weighted by molar-refractivity contribution is 0.598. The van der Waals surface area contributed by atoms with E-state index in [0.717, 1.165) is 23.4 Å². The number of sulfonamides is 1. The molecule has 2 heterocycles. The minimum absolute atomic E-state index is 0.382. The molecule has 2 N–H and O–H groups in total. The predicted molar refractivity (Wildman–Crippen MR) is 86.1 cm³/mol. The van der Waals surface area contributed by atoms with E-state index in [9.17, 15) is 8.42 Å². The first-order chi connectivity index (χ1) is 10.0. The van der Waals surface area contributed by atoms with Crippen LogP contribution >= 0.6 is 11.3 Å². The fraction of sp³-hybridized carbons (Fsp3) is 0.357. The Morgan fingerprint density at radius 3 is 2.67 bits per heavy atom. The first-order valence-corrected chi connectivity index (χ1v) is 9.11. The number of nitrogens with zero attached hydrogens (tertiary/aromatic N) is 1. The smallest absolute Gasteiger partial charge is 0.263 e. The number of hydrogen-bond acceptors (Lipinski definition) is 5. The Kier molecular flexibility index (Phi) is 5.33. The van der Waals surface area contributed by atoms with E-state index in [1.54, 1.807) is 24.5 Å². The molecule has 0 bridgehead atoms. The van der Waals surface area contributed by atoms with E-state index in [1.807, 2.05) is 12.3 Å². The van der Waals surface area contributed by atoms with Gasteiger partial charge in [-0.15, -0.1) is 11.3 Å². The molecule has 2 rings (SSSR count). The number of anilines is 1. The van der Waals surface area contributed by atoms with Crippen LogP contribution in [0.1, 0.15) is 23.8 Å². The van der Waals surface area contributed by atoms with Crippen LogP contribution in [0.3, 0.4) is 0 Å². The van der Waals surface area contributed by atoms with Crippen LogP contribution < -0.4 is 10.0 Å². The van der Waals surface area contributed by atoms with Crippen molar-refractivity contribution in [1.29, 1.82) is 0 Å². The Balaban J connectivity index is 2.25. The quantitative estimate of drug-likeness (QED) is 0.768. The molecule has 0 radical (unpaired) electrons. The monoisotopic (exact) mass is 325 g/mol. The van der Waals surface area contributed by atoms with Crippen LogP contribution in [0, 0.1) is 6.92 Å². The van der Waals surface area contributed by atoms with Crippen molar-refractivity contribution in [3.05, 3.63) is 40.3 Å². The summed E-state index contributed by atoms with van der Waals surface area (Å²) in [6.45, 7) is 5.34. The molecule has 0 unspecified atom stereocenters. The first kappa shape index (κ1) is 15.9. The minimum Gasteiger partial charge on any atom is -0.312 e. The lowest BCUT2D eigenvalue weighted by Crippen LogP contribution is -2.18. The molecule has 7 heteroatoms. The molecular formula is C14H19N3O2S2. The molecule has 2 aromatic heterocycles. The maximum absolute atomic E-state index is 12.6. The summed E-state index contributed by atoms with van der Waals surface area (Å²) in [6, 6.07) is 3.27. The summed E-state index contributed by atoms with van der Waals surface area (Å²) in [4.78, 5) is 5.10. The van der Waals surface area contributed by atoms with Crippen molar-refractivity contribution in [1.82, 2.24) is 10.3 Å². The number of pyridine rings is 1. The van der Waals surface area contributed by atoms with E-state index < -0.39 is 10.0 Å². The Hall–Kier alpha value is -1.44. The highest BCUT2D eigenvalue weighted by Gasteiger charge is 2.22. The number of rotatable bonds is 7. The average Bonchev–Trinajstić information content (AvgIpc) is 2.82. The van der Waals surface area contributed by atoms with E-state index in [1.165, 1.54) is 11.3 Å². The van der Waals surface area contributed by atoms with Gasteiger partial charge in [-0.3, -0.25) is 9.71 Å². The zero-order chi connectivity index (χ0) is 15.3. The Labute approximate surface area is 129 Å². The van der Waals surface area contributed by atoms with Crippen LogP contribution in [-0.4, -0.2) is 19.9 Å². The summed E-state index contributed by atoms with van der Waals surface area (Å²) >= 11 is 1.47. The van der Waals surface area contributed by atoms with E-state index in [0.29, 0.717) is 17.1 Å². The van der Waals surface area contributed by atoms with Gasteiger partial charge in [0.05, 0.1) is 5.69 Å². The van der Waals surface area contributed by atoms with Gasteiger partial charge in [0.25, 0.3) is 10.0 Å². The molecule has 0 aliphatic rings. The van der Waals surface area contributed by atoms with Gasteiger partial charge in [-0.2, -0.15) is 0 Å². The number of nitrogens with one attached hydrogen (secondary N) is 2. The second-order valence-corrected chi connectivity index (χ2v) is 7.27. The zero-order valence-electron chi connectivity index (χ0n) is 12.1. The third kappa shape index (κ3) is 4.03. The van der Waals surface area contributed by atoms with Crippen molar-refractivity contribution in [3.8, 4) is 0 Å². The molecule has 0 saturated carbocycles. The SMILES string of the molecule is CCCNCc1scc(C)c1S(=O)(=O)Nc1ccncc1. The largest absolute Gasteiger partial charge is 0.312 e. The van der Waals surface area contributed by atoms with Gasteiger partial charge in [0.2, 0.25) is 0 Å². The van der Waals surface area contributed by atoms with Gasteiger partial charge in [0, 0.05) is 23.8 Å². The molecule has 0 aromatic carbocycles. The molecule has 0 amide bonds. The van der Waals surface area contributed by atoms with Crippen molar-refractivity contribution in [2.24, 2.45) is 0 Å². The lowest BCUT2D eigenvalue weighted by Gasteiger charge is -2.10. The van der Waals surface area contributed by atoms with Gasteiger partial charge in [-0.05, 0) is 43.0 Å². The number of aromatic nitrogens is 1. The van der Waals surface area contributed by atoms with E-state index in [4.69, 9.17) is 0 Å². The minimum atomic E-state index is -3.58. The summed E-state index contributed by atoms with van der Waals surface area (Å²) in [7, 11) is -3.58. The summed E-state index contributed by atoms with van der Waals surface area (Å²) < 4.78 is 27.8. The molecular weight excluding hydrogens is 306 g/mol. The molecule has 0 aliphatic heterocycles. The lowest BCUT2D eigenvalue weighted by atomic mass is 10.3. The van der Waals surface area contributed by atoms with Gasteiger partial charge in [-0.1, -0.05) is 6.92 Å². The predicted octanol–water partition coefficient (Wildman–Crippen LogP) is 2.75. The van der Waals surface area contributed by atoms with Gasteiger partial charge in [0.1, 0.15) is 4.90 Å². The fourth-order valence-corrected chi connectivity index (χ4v) is 4.82. The summed E-state index contributed by atoms with van der Waals surface area (Å²) in [5.74, 6) is 0. The normalized spacial score (nSPS) is 11.5. The third-order valence-corrected chi connectivity index (χ3v) is 5.75. The van der Waals surface area contributed by atoms with Gasteiger partial charge < -0.3 is 5.32 Å². The molecule has 2 aromatic rings. The van der Waals surface area contributed by atoms with Crippen molar-refractivity contribution < 1.29 is 8.42 Å². The van der Waals surface area contributed by atoms with Gasteiger partial charge in [0.15, 0.2) is 0 Å². The first-order valence-electron chi connectivity index (χ1n) is 6.75. The summed E-state index contributed by atoms with van der Waals surface area (Å²) in [5, 5.41) is 5.13. The second-order valence-electron chi connectivity index (χ2n) is 4.69. The van der Waals surface area contributed by atoms with Crippen molar-refractivity contribution >= 4 is 27.0 Å². The third-order valence-electron chi connectivity index (χ3n) is 2.90. The van der Waals surface area contributed by atoms with Crippen LogP contribution in [0.15, 0.2) is 34.8 Å². The molecule has 21 heavy (non-hydrogen) atoms. The van der Waals surface area contributed by atoms with Crippen LogP contribution in [0.5, 0.6) is 0 Å². The van der Waals surface area contributed by atoms with Crippen LogP contribution in [0.25, 0.3) is 0 Å². The van der Waals surface area contributed by atoms with E-state index >= 15 is 0 Å².